The van der Waals surface area contributed by atoms with Crippen LogP contribution < -0.4 is 5.73 Å². The Bertz CT molecular complexity index is 373. The van der Waals surface area contributed by atoms with Crippen LogP contribution in [0.25, 0.3) is 0 Å². The summed E-state index contributed by atoms with van der Waals surface area (Å²) in [4.78, 5) is 0. The van der Waals surface area contributed by atoms with Gasteiger partial charge in [0.2, 0.25) is 0 Å². The van der Waals surface area contributed by atoms with Gasteiger partial charge in [-0.05, 0) is 49.4 Å². The van der Waals surface area contributed by atoms with Gasteiger partial charge in [0.25, 0.3) is 0 Å². The van der Waals surface area contributed by atoms with Crippen molar-refractivity contribution in [3.63, 3.8) is 0 Å². The minimum atomic E-state index is -0.201. The SMILES string of the molecule is CC(C)C[C@H](N)B1OC2CC3CC(C3(C)C)[C@]2(C)O1. The summed E-state index contributed by atoms with van der Waals surface area (Å²) in [6.07, 6.45) is 3.67. The van der Waals surface area contributed by atoms with Crippen LogP contribution in [0.3, 0.4) is 0 Å². The second kappa shape index (κ2) is 4.22. The first-order valence-corrected chi connectivity index (χ1v) is 7.84. The van der Waals surface area contributed by atoms with E-state index in [0.717, 1.165) is 18.8 Å². The first-order chi connectivity index (χ1) is 8.75. The molecule has 1 aliphatic heterocycles. The summed E-state index contributed by atoms with van der Waals surface area (Å²) >= 11 is 0. The van der Waals surface area contributed by atoms with E-state index in [1.165, 1.54) is 6.42 Å². The summed E-state index contributed by atoms with van der Waals surface area (Å²) in [7, 11) is -0.201. The first kappa shape index (κ1) is 13.9. The van der Waals surface area contributed by atoms with Gasteiger partial charge in [-0.1, -0.05) is 27.7 Å². The molecule has 0 spiro atoms. The lowest BCUT2D eigenvalue weighted by atomic mass is 9.43. The van der Waals surface area contributed by atoms with Crippen LogP contribution in [0, 0.1) is 23.2 Å². The molecule has 0 aromatic heterocycles. The van der Waals surface area contributed by atoms with Crippen LogP contribution in [0.15, 0.2) is 0 Å². The van der Waals surface area contributed by atoms with Crippen molar-refractivity contribution < 1.29 is 9.31 Å². The van der Waals surface area contributed by atoms with Crippen molar-refractivity contribution in [2.75, 3.05) is 0 Å². The lowest BCUT2D eigenvalue weighted by Crippen LogP contribution is -2.65. The highest BCUT2D eigenvalue weighted by atomic mass is 16.7. The highest BCUT2D eigenvalue weighted by molar-refractivity contribution is 6.47. The van der Waals surface area contributed by atoms with Crippen LogP contribution in [-0.2, 0) is 9.31 Å². The molecule has 3 unspecified atom stereocenters. The molecule has 4 rings (SSSR count). The number of nitrogens with two attached hydrogens (primary N) is 1. The maximum absolute atomic E-state index is 6.35. The van der Waals surface area contributed by atoms with Gasteiger partial charge in [-0.3, -0.25) is 0 Å². The normalized spacial score (nSPS) is 45.0. The third-order valence-corrected chi connectivity index (χ3v) is 6.06. The molecule has 19 heavy (non-hydrogen) atoms. The second-order valence-electron chi connectivity index (χ2n) is 8.13. The molecule has 5 atom stereocenters. The molecule has 3 saturated carbocycles. The largest absolute Gasteiger partial charge is 0.475 e. The van der Waals surface area contributed by atoms with Crippen LogP contribution in [-0.4, -0.2) is 24.8 Å². The molecule has 0 amide bonds. The van der Waals surface area contributed by atoms with Crippen molar-refractivity contribution in [1.29, 1.82) is 0 Å². The van der Waals surface area contributed by atoms with Gasteiger partial charge in [-0.2, -0.15) is 0 Å². The van der Waals surface area contributed by atoms with E-state index in [4.69, 9.17) is 15.0 Å². The van der Waals surface area contributed by atoms with E-state index in [1.54, 1.807) is 0 Å². The third-order valence-electron chi connectivity index (χ3n) is 6.06. The molecular weight excluding hydrogens is 237 g/mol. The molecule has 3 aliphatic carbocycles. The molecule has 0 aromatic rings. The van der Waals surface area contributed by atoms with Crippen molar-refractivity contribution in [3.05, 3.63) is 0 Å². The monoisotopic (exact) mass is 265 g/mol. The number of hydrogen-bond donors (Lipinski definition) is 1. The van der Waals surface area contributed by atoms with Crippen LogP contribution in [0.2, 0.25) is 0 Å². The molecule has 108 valence electrons. The van der Waals surface area contributed by atoms with E-state index in [0.29, 0.717) is 17.3 Å². The third kappa shape index (κ3) is 1.90. The molecule has 4 heteroatoms. The summed E-state index contributed by atoms with van der Waals surface area (Å²) in [5.41, 5.74) is 6.56. The van der Waals surface area contributed by atoms with Gasteiger partial charge in [-0.15, -0.1) is 0 Å². The van der Waals surface area contributed by atoms with Gasteiger partial charge in [0, 0.05) is 5.94 Å². The summed E-state index contributed by atoms with van der Waals surface area (Å²) in [5, 5.41) is 0. The average molecular weight is 265 g/mol. The van der Waals surface area contributed by atoms with Gasteiger partial charge in [0.15, 0.2) is 0 Å². The van der Waals surface area contributed by atoms with Crippen molar-refractivity contribution in [1.82, 2.24) is 0 Å². The fraction of sp³-hybridized carbons (Fsp3) is 1.00. The zero-order chi connectivity index (χ0) is 14.0. The van der Waals surface area contributed by atoms with Gasteiger partial charge < -0.3 is 15.0 Å². The maximum Gasteiger partial charge on any atom is 0.475 e. The highest BCUT2D eigenvalue weighted by Gasteiger charge is 2.68. The standard InChI is InChI=1S/C15H28BNO2/c1-9(2)6-13(17)16-18-12-8-10-7-11(14(10,3)4)15(12,5)19-16/h9-13H,6-8,17H2,1-5H3/t10?,11?,12?,13-,15-/m0/s1. The first-order valence-electron chi connectivity index (χ1n) is 7.84. The highest BCUT2D eigenvalue weighted by Crippen LogP contribution is 2.65. The molecule has 0 radical (unpaired) electrons. The van der Waals surface area contributed by atoms with Crippen molar-refractivity contribution in [3.8, 4) is 0 Å². The topological polar surface area (TPSA) is 44.5 Å². The van der Waals surface area contributed by atoms with E-state index in [1.807, 2.05) is 0 Å². The van der Waals surface area contributed by atoms with E-state index in [9.17, 15) is 0 Å². The van der Waals surface area contributed by atoms with E-state index < -0.39 is 0 Å². The molecule has 4 fully saturated rings. The zero-order valence-corrected chi connectivity index (χ0v) is 13.0. The molecule has 4 aliphatic rings. The zero-order valence-electron chi connectivity index (χ0n) is 13.0. The fourth-order valence-electron chi connectivity index (χ4n) is 4.74. The van der Waals surface area contributed by atoms with Crippen LogP contribution >= 0.6 is 0 Å². The molecule has 1 saturated heterocycles. The van der Waals surface area contributed by atoms with Gasteiger partial charge in [0.1, 0.15) is 0 Å². The fourth-order valence-corrected chi connectivity index (χ4v) is 4.74. The predicted molar refractivity (Wildman–Crippen MR) is 77.5 cm³/mol. The Morgan fingerprint density at radius 2 is 1.95 bits per heavy atom. The Balaban J connectivity index is 1.74. The Morgan fingerprint density at radius 3 is 2.53 bits per heavy atom. The molecule has 2 bridgehead atoms. The molecule has 1 heterocycles. The van der Waals surface area contributed by atoms with Crippen LogP contribution in [0.5, 0.6) is 0 Å². The minimum absolute atomic E-state index is 0.00253. The summed E-state index contributed by atoms with van der Waals surface area (Å²) in [5.74, 6) is 2.02. The Labute approximate surface area is 117 Å². The Morgan fingerprint density at radius 1 is 1.26 bits per heavy atom. The summed E-state index contributed by atoms with van der Waals surface area (Å²) in [6.45, 7) is 11.4. The van der Waals surface area contributed by atoms with E-state index in [2.05, 4.69) is 34.6 Å². The summed E-state index contributed by atoms with van der Waals surface area (Å²) < 4.78 is 12.5. The van der Waals surface area contributed by atoms with Crippen molar-refractivity contribution >= 4 is 7.12 Å². The van der Waals surface area contributed by atoms with Gasteiger partial charge >= 0.3 is 7.12 Å². The van der Waals surface area contributed by atoms with E-state index in [-0.39, 0.29) is 24.8 Å². The van der Waals surface area contributed by atoms with Crippen LogP contribution in [0.1, 0.15) is 53.9 Å². The number of rotatable bonds is 3. The molecule has 0 aromatic carbocycles. The molecular formula is C15H28BNO2. The van der Waals surface area contributed by atoms with Gasteiger partial charge in [0.05, 0.1) is 11.7 Å². The Kier molecular flexibility index (Phi) is 3.09. The van der Waals surface area contributed by atoms with E-state index >= 15 is 0 Å². The number of hydrogen-bond acceptors (Lipinski definition) is 3. The average Bonchev–Trinajstić information content (AvgIpc) is 2.64. The lowest BCUT2D eigenvalue weighted by Gasteiger charge is -2.64. The maximum atomic E-state index is 6.35. The van der Waals surface area contributed by atoms with Gasteiger partial charge in [-0.25, -0.2) is 0 Å². The molecule has 3 nitrogen and oxygen atoms in total. The smallest absolute Gasteiger partial charge is 0.404 e. The second-order valence-corrected chi connectivity index (χ2v) is 8.13. The quantitative estimate of drug-likeness (QED) is 0.798. The van der Waals surface area contributed by atoms with Crippen LogP contribution in [0.4, 0.5) is 0 Å². The summed E-state index contributed by atoms with van der Waals surface area (Å²) in [6, 6.07) is 0. The lowest BCUT2D eigenvalue weighted by molar-refractivity contribution is -0.199. The molecule has 2 N–H and O–H groups in total. The van der Waals surface area contributed by atoms with Crippen molar-refractivity contribution in [2.24, 2.45) is 28.9 Å². The van der Waals surface area contributed by atoms with Crippen molar-refractivity contribution in [2.45, 2.75) is 71.5 Å². The minimum Gasteiger partial charge on any atom is -0.404 e. The Hall–Kier alpha value is -0.0551. The predicted octanol–water partition coefficient (Wildman–Crippen LogP) is 2.63.